The van der Waals surface area contributed by atoms with E-state index in [0.717, 1.165) is 18.4 Å². The minimum atomic E-state index is -0.422. The second-order valence-corrected chi connectivity index (χ2v) is 6.43. The Kier molecular flexibility index (Phi) is 5.96. The highest BCUT2D eigenvalue weighted by Crippen LogP contribution is 2.21. The van der Waals surface area contributed by atoms with Crippen LogP contribution < -0.4 is 11.1 Å². The zero-order valence-electron chi connectivity index (χ0n) is 14.5. The fraction of sp³-hybridized carbons (Fsp3) is 0.444. The largest absolute Gasteiger partial charge is 0.381 e. The van der Waals surface area contributed by atoms with E-state index in [-0.39, 0.29) is 30.8 Å². The standard InChI is InChI=1S/C18H23N5O3/c19-16(24)10-15(13-6-8-26-9-7-13)21-17(25)11-23-12-20-18(22-23)14-4-2-1-3-5-14/h1-5,12-13,15H,6-11H2,(H2,19,24)(H,21,25). The lowest BCUT2D eigenvalue weighted by molar-refractivity contribution is -0.124. The fourth-order valence-corrected chi connectivity index (χ4v) is 3.16. The molecule has 3 rings (SSSR count). The predicted molar refractivity (Wildman–Crippen MR) is 94.7 cm³/mol. The number of carbonyl (C=O) groups excluding carboxylic acids is 2. The average Bonchev–Trinajstić information content (AvgIpc) is 3.10. The smallest absolute Gasteiger partial charge is 0.242 e. The molecule has 1 fully saturated rings. The van der Waals surface area contributed by atoms with Gasteiger partial charge in [-0.15, -0.1) is 0 Å². The van der Waals surface area contributed by atoms with Gasteiger partial charge in [0.1, 0.15) is 12.9 Å². The molecule has 3 N–H and O–H groups in total. The van der Waals surface area contributed by atoms with Gasteiger partial charge >= 0.3 is 0 Å². The molecule has 1 atom stereocenters. The van der Waals surface area contributed by atoms with Crippen LogP contribution >= 0.6 is 0 Å². The summed E-state index contributed by atoms with van der Waals surface area (Å²) in [6.07, 6.45) is 3.27. The van der Waals surface area contributed by atoms with Crippen LogP contribution in [0.1, 0.15) is 19.3 Å². The number of primary amides is 1. The first kappa shape index (κ1) is 18.1. The topological polar surface area (TPSA) is 112 Å². The number of carbonyl (C=O) groups is 2. The van der Waals surface area contributed by atoms with Crippen LogP contribution in [0.3, 0.4) is 0 Å². The Morgan fingerprint density at radius 2 is 2.00 bits per heavy atom. The number of aromatic nitrogens is 3. The van der Waals surface area contributed by atoms with E-state index >= 15 is 0 Å². The highest BCUT2D eigenvalue weighted by atomic mass is 16.5. The first-order valence-corrected chi connectivity index (χ1v) is 8.72. The van der Waals surface area contributed by atoms with Gasteiger partial charge in [0.05, 0.1) is 0 Å². The van der Waals surface area contributed by atoms with E-state index in [9.17, 15) is 9.59 Å². The van der Waals surface area contributed by atoms with Crippen molar-refractivity contribution in [3.8, 4) is 11.4 Å². The van der Waals surface area contributed by atoms with E-state index in [1.54, 1.807) is 0 Å². The quantitative estimate of drug-likeness (QED) is 0.759. The third-order valence-electron chi connectivity index (χ3n) is 4.48. The van der Waals surface area contributed by atoms with E-state index in [0.29, 0.717) is 19.0 Å². The van der Waals surface area contributed by atoms with Crippen molar-refractivity contribution in [2.24, 2.45) is 11.7 Å². The van der Waals surface area contributed by atoms with E-state index in [1.807, 2.05) is 30.3 Å². The van der Waals surface area contributed by atoms with Gasteiger partial charge in [0.15, 0.2) is 5.82 Å². The van der Waals surface area contributed by atoms with Crippen LogP contribution in [0.5, 0.6) is 0 Å². The highest BCUT2D eigenvalue weighted by Gasteiger charge is 2.27. The fourth-order valence-electron chi connectivity index (χ4n) is 3.16. The van der Waals surface area contributed by atoms with E-state index in [2.05, 4.69) is 15.4 Å². The summed E-state index contributed by atoms with van der Waals surface area (Å²) in [5.41, 5.74) is 6.24. The van der Waals surface area contributed by atoms with Crippen molar-refractivity contribution in [2.75, 3.05) is 13.2 Å². The maximum absolute atomic E-state index is 12.4. The summed E-state index contributed by atoms with van der Waals surface area (Å²) in [6, 6.07) is 9.28. The van der Waals surface area contributed by atoms with Crippen molar-refractivity contribution in [1.29, 1.82) is 0 Å². The zero-order valence-corrected chi connectivity index (χ0v) is 14.5. The number of benzene rings is 1. The van der Waals surface area contributed by atoms with Gasteiger partial charge in [-0.1, -0.05) is 30.3 Å². The Morgan fingerprint density at radius 3 is 2.69 bits per heavy atom. The molecule has 26 heavy (non-hydrogen) atoms. The number of ether oxygens (including phenoxy) is 1. The number of amides is 2. The molecule has 2 heterocycles. The van der Waals surface area contributed by atoms with E-state index in [1.165, 1.54) is 11.0 Å². The molecule has 0 saturated carbocycles. The van der Waals surface area contributed by atoms with Crippen LogP contribution in [0.4, 0.5) is 0 Å². The Hall–Kier alpha value is -2.74. The molecular formula is C18H23N5O3. The minimum absolute atomic E-state index is 0.0400. The maximum atomic E-state index is 12.4. The first-order valence-electron chi connectivity index (χ1n) is 8.72. The van der Waals surface area contributed by atoms with E-state index < -0.39 is 5.91 Å². The van der Waals surface area contributed by atoms with Gasteiger partial charge < -0.3 is 15.8 Å². The van der Waals surface area contributed by atoms with Gasteiger partial charge in [0.25, 0.3) is 0 Å². The lowest BCUT2D eigenvalue weighted by Crippen LogP contribution is -2.45. The number of nitrogens with one attached hydrogen (secondary N) is 1. The van der Waals surface area contributed by atoms with Crippen LogP contribution in [0, 0.1) is 5.92 Å². The van der Waals surface area contributed by atoms with Gasteiger partial charge in [-0.25, -0.2) is 9.67 Å². The molecule has 0 radical (unpaired) electrons. The summed E-state index contributed by atoms with van der Waals surface area (Å²) < 4.78 is 6.84. The third kappa shape index (κ3) is 4.89. The van der Waals surface area contributed by atoms with Crippen LogP contribution in [0.15, 0.2) is 36.7 Å². The molecule has 2 aromatic rings. The lowest BCUT2D eigenvalue weighted by Gasteiger charge is -2.30. The van der Waals surface area contributed by atoms with Gasteiger partial charge in [-0.05, 0) is 18.8 Å². The summed E-state index contributed by atoms with van der Waals surface area (Å²) in [5.74, 6) is 0.119. The molecule has 2 amide bonds. The second-order valence-electron chi connectivity index (χ2n) is 6.43. The maximum Gasteiger partial charge on any atom is 0.242 e. The van der Waals surface area contributed by atoms with E-state index in [4.69, 9.17) is 10.5 Å². The molecule has 1 aromatic carbocycles. The molecule has 1 aromatic heterocycles. The van der Waals surface area contributed by atoms with Gasteiger partial charge in [-0.2, -0.15) is 5.10 Å². The first-order chi connectivity index (χ1) is 12.6. The predicted octanol–water partition coefficient (Wildman–Crippen LogP) is 0.732. The molecule has 1 unspecified atom stereocenters. The molecule has 138 valence electrons. The van der Waals surface area contributed by atoms with Crippen LogP contribution in [0.25, 0.3) is 11.4 Å². The summed E-state index contributed by atoms with van der Waals surface area (Å²) in [4.78, 5) is 28.0. The SMILES string of the molecule is NC(=O)CC(NC(=O)Cn1cnc(-c2ccccc2)n1)C1CCOCC1. The molecule has 1 aliphatic heterocycles. The van der Waals surface area contributed by atoms with Crippen molar-refractivity contribution in [3.05, 3.63) is 36.7 Å². The molecule has 0 aliphatic carbocycles. The summed E-state index contributed by atoms with van der Waals surface area (Å²) >= 11 is 0. The van der Waals surface area contributed by atoms with Gasteiger partial charge in [0, 0.05) is 31.2 Å². The van der Waals surface area contributed by atoms with Crippen molar-refractivity contribution in [3.63, 3.8) is 0 Å². The van der Waals surface area contributed by atoms with Crippen molar-refractivity contribution in [1.82, 2.24) is 20.1 Å². The molecular weight excluding hydrogens is 334 g/mol. The highest BCUT2D eigenvalue weighted by molar-refractivity contribution is 5.78. The average molecular weight is 357 g/mol. The normalized spacial score (nSPS) is 16.2. The van der Waals surface area contributed by atoms with Gasteiger partial charge in [-0.3, -0.25) is 9.59 Å². The monoisotopic (exact) mass is 357 g/mol. The number of nitrogens with two attached hydrogens (primary N) is 1. The molecule has 0 bridgehead atoms. The summed E-state index contributed by atoms with van der Waals surface area (Å²) in [7, 11) is 0. The molecule has 8 heteroatoms. The summed E-state index contributed by atoms with van der Waals surface area (Å²) in [5, 5.41) is 7.27. The molecule has 0 spiro atoms. The Balaban J connectivity index is 1.61. The number of hydrogen-bond acceptors (Lipinski definition) is 5. The van der Waals surface area contributed by atoms with Crippen molar-refractivity contribution >= 4 is 11.8 Å². The van der Waals surface area contributed by atoms with Crippen molar-refractivity contribution in [2.45, 2.75) is 31.8 Å². The lowest BCUT2D eigenvalue weighted by atomic mass is 9.89. The number of hydrogen-bond donors (Lipinski definition) is 2. The second kappa shape index (κ2) is 8.57. The molecule has 1 saturated heterocycles. The Morgan fingerprint density at radius 1 is 1.27 bits per heavy atom. The Bertz CT molecular complexity index is 740. The third-order valence-corrected chi connectivity index (χ3v) is 4.48. The van der Waals surface area contributed by atoms with Crippen molar-refractivity contribution < 1.29 is 14.3 Å². The van der Waals surface area contributed by atoms with Crippen LogP contribution in [-0.4, -0.2) is 45.8 Å². The number of nitrogens with zero attached hydrogens (tertiary/aromatic N) is 3. The minimum Gasteiger partial charge on any atom is -0.381 e. The van der Waals surface area contributed by atoms with Gasteiger partial charge in [0.2, 0.25) is 11.8 Å². The Labute approximate surface area is 151 Å². The number of rotatable bonds is 7. The molecule has 8 nitrogen and oxygen atoms in total. The van der Waals surface area contributed by atoms with Crippen LogP contribution in [-0.2, 0) is 20.9 Å². The van der Waals surface area contributed by atoms with Crippen LogP contribution in [0.2, 0.25) is 0 Å². The zero-order chi connectivity index (χ0) is 18.4. The summed E-state index contributed by atoms with van der Waals surface area (Å²) in [6.45, 7) is 1.32. The molecule has 1 aliphatic rings.